The Morgan fingerprint density at radius 3 is 1.47 bits per heavy atom. The van der Waals surface area contributed by atoms with E-state index in [2.05, 4.69) is 30.6 Å². The third-order valence-electron chi connectivity index (χ3n) is 11.2. The zero-order valence-corrected chi connectivity index (χ0v) is 36.5. The Bertz CT molecular complexity index is 3220. The van der Waals surface area contributed by atoms with Crippen molar-refractivity contribution in [1.82, 2.24) is 19.1 Å². The van der Waals surface area contributed by atoms with Crippen LogP contribution >= 0.6 is 0 Å². The first-order chi connectivity index (χ1) is 31.2. The number of rotatable bonds is 11. The third-order valence-corrected chi connectivity index (χ3v) is 11.2. The van der Waals surface area contributed by atoms with Crippen molar-refractivity contribution in [3.8, 4) is 11.4 Å². The fourth-order valence-corrected chi connectivity index (χ4v) is 7.55. The predicted octanol–water partition coefficient (Wildman–Crippen LogP) is 12.9. The largest absolute Gasteiger partial charge is 0.341 e. The van der Waals surface area contributed by atoms with Gasteiger partial charge in [0.25, 0.3) is 0 Å². The van der Waals surface area contributed by atoms with Crippen molar-refractivity contribution < 1.29 is 0 Å². The van der Waals surface area contributed by atoms with Gasteiger partial charge in [-0.05, 0) is 118 Å². The lowest BCUT2D eigenvalue weighted by Crippen LogP contribution is -2.14. The number of fused-ring (bicyclic) bond motifs is 2. The van der Waals surface area contributed by atoms with Crippen LogP contribution < -0.4 is 21.5 Å². The molecule has 4 heterocycles. The molecule has 0 saturated heterocycles. The van der Waals surface area contributed by atoms with Crippen LogP contribution in [0.3, 0.4) is 0 Å². The average Bonchev–Trinajstić information content (AvgIpc) is 3.32. The van der Waals surface area contributed by atoms with Crippen LogP contribution in [0.1, 0.15) is 48.3 Å². The molecule has 0 bridgehead atoms. The summed E-state index contributed by atoms with van der Waals surface area (Å²) >= 11 is 0. The summed E-state index contributed by atoms with van der Waals surface area (Å²) in [5, 5.41) is 8.01. The number of para-hydroxylation sites is 4. The van der Waals surface area contributed by atoms with Gasteiger partial charge in [0.2, 0.25) is 0 Å². The van der Waals surface area contributed by atoms with Crippen LogP contribution in [-0.4, -0.2) is 19.1 Å². The number of allylic oxidation sites excluding steroid dienone is 2. The van der Waals surface area contributed by atoms with Crippen molar-refractivity contribution in [3.05, 3.63) is 236 Å². The smallest absolute Gasteiger partial charge is 0.193 e. The van der Waals surface area contributed by atoms with E-state index in [1.165, 1.54) is 5.57 Å². The first kappa shape index (κ1) is 42.6. The van der Waals surface area contributed by atoms with Gasteiger partial charge in [-0.15, -0.1) is 0 Å². The van der Waals surface area contributed by atoms with Crippen molar-refractivity contribution in [2.24, 2.45) is 0 Å². The second-order valence-corrected chi connectivity index (χ2v) is 15.6. The molecule has 0 aliphatic carbocycles. The molecule has 2 N–H and O–H groups in total. The van der Waals surface area contributed by atoms with E-state index in [4.69, 9.17) is 9.97 Å². The van der Waals surface area contributed by atoms with Gasteiger partial charge < -0.3 is 10.6 Å². The van der Waals surface area contributed by atoms with Gasteiger partial charge in [0.15, 0.2) is 10.9 Å². The van der Waals surface area contributed by atoms with Crippen molar-refractivity contribution in [2.75, 3.05) is 10.6 Å². The third kappa shape index (κ3) is 9.83. The van der Waals surface area contributed by atoms with E-state index < -0.39 is 0 Å². The zero-order chi connectivity index (χ0) is 44.4. The summed E-state index contributed by atoms with van der Waals surface area (Å²) in [6, 6.07) is 57.1. The van der Waals surface area contributed by atoms with E-state index in [1.54, 1.807) is 12.1 Å². The summed E-state index contributed by atoms with van der Waals surface area (Å²) in [4.78, 5) is 36.1. The van der Waals surface area contributed by atoms with E-state index >= 15 is 0 Å². The molecule has 8 nitrogen and oxygen atoms in total. The number of aromatic nitrogens is 4. The summed E-state index contributed by atoms with van der Waals surface area (Å²) in [5.74, 6) is 1.36. The fraction of sp³-hybridized carbons (Fsp3) is 0.107. The fourth-order valence-electron chi connectivity index (χ4n) is 7.55. The number of nitrogens with zero attached hydrogens (tertiary/aromatic N) is 4. The number of hydrogen-bond donors (Lipinski definition) is 2. The van der Waals surface area contributed by atoms with Gasteiger partial charge in [0.05, 0.1) is 10.8 Å². The van der Waals surface area contributed by atoms with E-state index in [9.17, 15) is 9.59 Å². The van der Waals surface area contributed by atoms with Gasteiger partial charge in [-0.3, -0.25) is 18.7 Å². The highest BCUT2D eigenvalue weighted by atomic mass is 16.1. The molecule has 9 aromatic rings. The molecule has 0 fully saturated rings. The van der Waals surface area contributed by atoms with Crippen LogP contribution in [0.5, 0.6) is 0 Å². The molecule has 316 valence electrons. The molecular weight excluding hydrogens is 789 g/mol. The highest BCUT2D eigenvalue weighted by Crippen LogP contribution is 2.28. The number of aryl methyl sites for hydroxylation is 3. The molecule has 0 spiro atoms. The number of anilines is 4. The molecular formula is C56H50N6O2. The summed E-state index contributed by atoms with van der Waals surface area (Å²) in [6.07, 6.45) is 8.02. The normalized spacial score (nSPS) is 11.4. The average molecular weight is 839 g/mol. The van der Waals surface area contributed by atoms with Gasteiger partial charge in [0, 0.05) is 46.3 Å². The van der Waals surface area contributed by atoms with E-state index in [-0.39, 0.29) is 10.9 Å². The van der Waals surface area contributed by atoms with Crippen LogP contribution in [0.25, 0.3) is 45.6 Å². The first-order valence-electron chi connectivity index (χ1n) is 21.5. The summed E-state index contributed by atoms with van der Waals surface area (Å²) in [6.45, 7) is 8.19. The highest BCUT2D eigenvalue weighted by molar-refractivity contribution is 5.85. The Morgan fingerprint density at radius 2 is 0.984 bits per heavy atom. The minimum absolute atomic E-state index is 0.0304. The van der Waals surface area contributed by atoms with Crippen LogP contribution in [0.2, 0.25) is 0 Å². The Kier molecular flexibility index (Phi) is 13.1. The van der Waals surface area contributed by atoms with Crippen LogP contribution in [0, 0.1) is 13.8 Å². The molecule has 0 amide bonds. The summed E-state index contributed by atoms with van der Waals surface area (Å²) in [5.41, 5.74) is 11.2. The topological polar surface area (TPSA) is 93.8 Å². The highest BCUT2D eigenvalue weighted by Gasteiger charge is 2.17. The molecule has 4 aromatic heterocycles. The minimum Gasteiger partial charge on any atom is -0.341 e. The molecule has 9 rings (SSSR count). The second kappa shape index (κ2) is 19.7. The molecule has 0 atom stereocenters. The van der Waals surface area contributed by atoms with Crippen molar-refractivity contribution in [2.45, 2.75) is 40.5 Å². The molecule has 0 saturated carbocycles. The number of pyridine rings is 4. The number of hydrogen-bond acceptors (Lipinski definition) is 6. The summed E-state index contributed by atoms with van der Waals surface area (Å²) in [7, 11) is 0. The quantitative estimate of drug-likeness (QED) is 0.126. The number of benzene rings is 5. The maximum Gasteiger partial charge on any atom is 0.193 e. The molecule has 0 aliphatic rings. The van der Waals surface area contributed by atoms with Gasteiger partial charge in [0.1, 0.15) is 22.9 Å². The molecule has 0 unspecified atom stereocenters. The second-order valence-electron chi connectivity index (χ2n) is 15.6. The van der Waals surface area contributed by atoms with E-state index in [0.717, 1.165) is 63.7 Å². The standard InChI is InChI=1S/C29H23N3O.C27H27N3O/c1-21-23(18-17-22-11-5-2-6-12-22)19-26-27(33)20-28(31-24-13-7-3-8-14-24)32(29(26)30-21)25-15-9-4-10-16-25;1-4-19(2)15-16-21-17-24-25(31)18-26(29-22-11-7-5-8-12-22)30(27(24)28-20(21)3)23-13-9-6-10-14-23/h2-20,31H,1H3;4-14,17-18,29H,15-16H2,1-3H3/b18-17+;19-4-. The molecule has 0 radical (unpaired) electrons. The lowest BCUT2D eigenvalue weighted by Gasteiger charge is -2.19. The van der Waals surface area contributed by atoms with Gasteiger partial charge >= 0.3 is 0 Å². The van der Waals surface area contributed by atoms with Crippen LogP contribution in [-0.2, 0) is 6.42 Å². The van der Waals surface area contributed by atoms with E-state index in [0.29, 0.717) is 33.7 Å². The van der Waals surface area contributed by atoms with Gasteiger partial charge in [-0.25, -0.2) is 9.97 Å². The maximum absolute atomic E-state index is 13.2. The lowest BCUT2D eigenvalue weighted by molar-refractivity contribution is 0.914. The van der Waals surface area contributed by atoms with Crippen molar-refractivity contribution in [3.63, 3.8) is 0 Å². The van der Waals surface area contributed by atoms with Gasteiger partial charge in [-0.1, -0.05) is 127 Å². The SMILES string of the molecule is C/C=C(/C)CCc1cc2c(=O)cc(Nc3ccccc3)n(-c3ccccc3)c2nc1C.Cc1nc2c(cc1/C=C/c1ccccc1)c(=O)cc(Nc1ccccc1)n2-c1ccccc1. The molecule has 5 aromatic carbocycles. The predicted molar refractivity (Wildman–Crippen MR) is 267 cm³/mol. The lowest BCUT2D eigenvalue weighted by atomic mass is 10.0. The number of nitrogens with one attached hydrogen (secondary N) is 2. The Morgan fingerprint density at radius 1 is 0.547 bits per heavy atom. The molecule has 8 heteroatoms. The minimum atomic E-state index is -0.0718. The monoisotopic (exact) mass is 838 g/mol. The van der Waals surface area contributed by atoms with Crippen molar-refractivity contribution >= 4 is 57.2 Å². The first-order valence-corrected chi connectivity index (χ1v) is 21.5. The Hall–Kier alpha value is -8.10. The van der Waals surface area contributed by atoms with Crippen LogP contribution in [0.4, 0.5) is 23.0 Å². The zero-order valence-electron chi connectivity index (χ0n) is 36.5. The maximum atomic E-state index is 13.2. The Labute approximate surface area is 373 Å². The molecule has 64 heavy (non-hydrogen) atoms. The van der Waals surface area contributed by atoms with E-state index in [1.807, 2.05) is 199 Å². The Balaban J connectivity index is 0.000000175. The van der Waals surface area contributed by atoms with Gasteiger partial charge in [-0.2, -0.15) is 0 Å². The molecule has 0 aliphatic heterocycles. The van der Waals surface area contributed by atoms with Crippen LogP contribution in [0.15, 0.2) is 197 Å². The van der Waals surface area contributed by atoms with Crippen molar-refractivity contribution in [1.29, 1.82) is 0 Å². The summed E-state index contributed by atoms with van der Waals surface area (Å²) < 4.78 is 4.03.